The molecule has 0 spiro atoms. The molecule has 232 valence electrons. The van der Waals surface area contributed by atoms with Crippen LogP contribution in [-0.2, 0) is 42.9 Å². The Labute approximate surface area is 246 Å². The molecule has 0 radical (unpaired) electrons. The van der Waals surface area contributed by atoms with E-state index in [1.165, 1.54) is 19.2 Å². The smallest absolute Gasteiger partial charge is 0.303 e. The van der Waals surface area contributed by atoms with Crippen molar-refractivity contribution >= 4 is 29.7 Å². The van der Waals surface area contributed by atoms with Crippen LogP contribution in [0.5, 0.6) is 23.0 Å². The second kappa shape index (κ2) is 14.9. The van der Waals surface area contributed by atoms with Gasteiger partial charge in [0.25, 0.3) is 0 Å². The standard InChI is InChI=1S/C29H32O14/c1-15(30)37-14-25-26(39-16(2)31)27(40-17(3)32)28(41-18(4)33)29(43-25)42-21-10-11-22(23(34)12-21)24(35)13-38-20-8-6-19(36-5)7-9-20/h6-12,25-29,34H,13-14H2,1-5H3/t25-,26-,27-,28-,29+/m0/s1. The molecule has 1 aliphatic heterocycles. The van der Waals surface area contributed by atoms with Gasteiger partial charge < -0.3 is 43.0 Å². The van der Waals surface area contributed by atoms with Crippen molar-refractivity contribution in [2.24, 2.45) is 0 Å². The van der Waals surface area contributed by atoms with Crippen LogP contribution < -0.4 is 14.2 Å². The van der Waals surface area contributed by atoms with Crippen LogP contribution in [0.2, 0.25) is 0 Å². The number of benzene rings is 2. The van der Waals surface area contributed by atoms with Crippen LogP contribution in [-0.4, -0.2) is 85.8 Å². The highest BCUT2D eigenvalue weighted by Gasteiger charge is 2.53. The fourth-order valence-electron chi connectivity index (χ4n) is 4.14. The minimum atomic E-state index is -1.51. The predicted molar refractivity (Wildman–Crippen MR) is 144 cm³/mol. The molecule has 1 fully saturated rings. The number of hydrogen-bond acceptors (Lipinski definition) is 14. The van der Waals surface area contributed by atoms with Gasteiger partial charge in [0.15, 0.2) is 18.8 Å². The molecule has 1 saturated heterocycles. The van der Waals surface area contributed by atoms with Crippen molar-refractivity contribution in [2.45, 2.75) is 58.4 Å². The molecule has 5 atom stereocenters. The van der Waals surface area contributed by atoms with Crippen LogP contribution in [0.25, 0.3) is 0 Å². The Balaban J connectivity index is 1.84. The lowest BCUT2D eigenvalue weighted by Crippen LogP contribution is -2.63. The molecule has 0 aliphatic carbocycles. The molecule has 3 rings (SSSR count). The summed E-state index contributed by atoms with van der Waals surface area (Å²) in [7, 11) is 1.52. The highest BCUT2D eigenvalue weighted by molar-refractivity contribution is 5.99. The van der Waals surface area contributed by atoms with Crippen molar-refractivity contribution in [3.8, 4) is 23.0 Å². The van der Waals surface area contributed by atoms with Gasteiger partial charge in [0.1, 0.15) is 35.7 Å². The van der Waals surface area contributed by atoms with Crippen molar-refractivity contribution in [2.75, 3.05) is 20.3 Å². The SMILES string of the molecule is COc1ccc(OCC(=O)c2ccc(O[C@@H]3O[C@@H](COC(C)=O)[C@H](OC(C)=O)[C@H](OC(C)=O)[C@@H]3OC(C)=O)cc2O)cc1. The minimum absolute atomic E-state index is 0.0361. The van der Waals surface area contributed by atoms with Crippen LogP contribution in [0.4, 0.5) is 0 Å². The summed E-state index contributed by atoms with van der Waals surface area (Å²) in [6, 6.07) is 10.3. The summed E-state index contributed by atoms with van der Waals surface area (Å²) >= 11 is 0. The number of aromatic hydroxyl groups is 1. The van der Waals surface area contributed by atoms with Gasteiger partial charge in [-0.2, -0.15) is 0 Å². The van der Waals surface area contributed by atoms with E-state index in [-0.39, 0.29) is 17.9 Å². The Morgan fingerprint density at radius 1 is 0.744 bits per heavy atom. The second-order valence-electron chi connectivity index (χ2n) is 9.25. The van der Waals surface area contributed by atoms with Gasteiger partial charge in [-0.25, -0.2) is 0 Å². The van der Waals surface area contributed by atoms with Crippen LogP contribution in [0.3, 0.4) is 0 Å². The van der Waals surface area contributed by atoms with Crippen molar-refractivity contribution in [3.63, 3.8) is 0 Å². The predicted octanol–water partition coefficient (Wildman–Crippen LogP) is 2.12. The highest BCUT2D eigenvalue weighted by Crippen LogP contribution is 2.32. The first-order chi connectivity index (χ1) is 20.4. The molecule has 43 heavy (non-hydrogen) atoms. The first kappa shape index (κ1) is 32.7. The number of carbonyl (C=O) groups is 5. The lowest BCUT2D eigenvalue weighted by Gasteiger charge is -2.43. The Morgan fingerprint density at radius 2 is 1.30 bits per heavy atom. The molecule has 1 heterocycles. The molecule has 14 heteroatoms. The molecule has 14 nitrogen and oxygen atoms in total. The van der Waals surface area contributed by atoms with Crippen molar-refractivity contribution in [1.82, 2.24) is 0 Å². The summed E-state index contributed by atoms with van der Waals surface area (Å²) in [4.78, 5) is 60.0. The number of ketones is 1. The maximum Gasteiger partial charge on any atom is 0.303 e. The topological polar surface area (TPSA) is 179 Å². The van der Waals surface area contributed by atoms with Crippen LogP contribution >= 0.6 is 0 Å². The van der Waals surface area contributed by atoms with Crippen LogP contribution in [0, 0.1) is 0 Å². The summed E-state index contributed by atoms with van der Waals surface area (Å²) in [5.41, 5.74) is -0.0672. The number of phenolic OH excluding ortho intramolecular Hbond substituents is 1. The summed E-state index contributed by atoms with van der Waals surface area (Å²) < 4.78 is 43.4. The van der Waals surface area contributed by atoms with Gasteiger partial charge in [-0.05, 0) is 36.4 Å². The van der Waals surface area contributed by atoms with Crippen molar-refractivity contribution < 1.29 is 67.0 Å². The highest BCUT2D eigenvalue weighted by atomic mass is 16.7. The van der Waals surface area contributed by atoms with Crippen molar-refractivity contribution in [1.29, 1.82) is 0 Å². The van der Waals surface area contributed by atoms with E-state index < -0.39 is 72.7 Å². The Bertz CT molecular complexity index is 1320. The lowest BCUT2D eigenvalue weighted by molar-refractivity contribution is -0.288. The van der Waals surface area contributed by atoms with E-state index in [9.17, 15) is 29.1 Å². The first-order valence-electron chi connectivity index (χ1n) is 13.0. The Morgan fingerprint density at radius 3 is 1.86 bits per heavy atom. The Hall–Kier alpha value is -4.85. The molecule has 1 aliphatic rings. The van der Waals surface area contributed by atoms with Gasteiger partial charge in [0, 0.05) is 33.8 Å². The average molecular weight is 605 g/mol. The molecule has 1 N–H and O–H groups in total. The number of carbonyl (C=O) groups excluding carboxylic acids is 5. The second-order valence-corrected chi connectivity index (χ2v) is 9.25. The molecular weight excluding hydrogens is 572 g/mol. The molecule has 2 aromatic rings. The fraction of sp³-hybridized carbons (Fsp3) is 0.414. The zero-order valence-corrected chi connectivity index (χ0v) is 24.1. The molecule has 2 aromatic carbocycles. The van der Waals surface area contributed by atoms with E-state index in [0.29, 0.717) is 11.5 Å². The quantitative estimate of drug-likeness (QED) is 0.211. The van der Waals surface area contributed by atoms with E-state index in [2.05, 4.69) is 0 Å². The number of hydrogen-bond donors (Lipinski definition) is 1. The van der Waals surface area contributed by atoms with Gasteiger partial charge in [-0.3, -0.25) is 24.0 Å². The lowest BCUT2D eigenvalue weighted by atomic mass is 9.98. The number of phenols is 1. The van der Waals surface area contributed by atoms with Crippen LogP contribution in [0.15, 0.2) is 42.5 Å². The molecule has 0 saturated carbocycles. The molecular formula is C29H32O14. The van der Waals surface area contributed by atoms with Crippen molar-refractivity contribution in [3.05, 3.63) is 48.0 Å². The van der Waals surface area contributed by atoms with Gasteiger partial charge in [-0.1, -0.05) is 0 Å². The number of rotatable bonds is 12. The third-order valence-electron chi connectivity index (χ3n) is 5.90. The maximum absolute atomic E-state index is 12.7. The number of methoxy groups -OCH3 is 1. The zero-order valence-electron chi connectivity index (χ0n) is 24.1. The summed E-state index contributed by atoms with van der Waals surface area (Å²) in [6.45, 7) is 3.62. The molecule has 0 aromatic heterocycles. The molecule has 0 amide bonds. The minimum Gasteiger partial charge on any atom is -0.507 e. The van der Waals surface area contributed by atoms with Gasteiger partial charge in [0.2, 0.25) is 18.2 Å². The Kier molecular flexibility index (Phi) is 11.3. The number of esters is 4. The average Bonchev–Trinajstić information content (AvgIpc) is 2.93. The molecule has 0 bridgehead atoms. The third kappa shape index (κ3) is 9.33. The number of ether oxygens (including phenoxy) is 8. The van der Waals surface area contributed by atoms with E-state index in [1.807, 2.05) is 0 Å². The van der Waals surface area contributed by atoms with E-state index in [0.717, 1.165) is 33.8 Å². The van der Waals surface area contributed by atoms with Gasteiger partial charge >= 0.3 is 23.9 Å². The number of Topliss-reactive ketones (excluding diaryl/α,β-unsaturated/α-hetero) is 1. The summed E-state index contributed by atoms with van der Waals surface area (Å²) in [5.74, 6) is -3.05. The van der Waals surface area contributed by atoms with E-state index in [1.54, 1.807) is 24.3 Å². The van der Waals surface area contributed by atoms with E-state index in [4.69, 9.17) is 37.9 Å². The van der Waals surface area contributed by atoms with Gasteiger partial charge in [0.05, 0.1) is 12.7 Å². The first-order valence-corrected chi connectivity index (χ1v) is 13.0. The largest absolute Gasteiger partial charge is 0.507 e. The normalized spacial score (nSPS) is 21.1. The zero-order chi connectivity index (χ0) is 31.7. The monoisotopic (exact) mass is 604 g/mol. The summed E-state index contributed by atoms with van der Waals surface area (Å²) in [6.07, 6.45) is -7.00. The molecule has 0 unspecified atom stereocenters. The summed E-state index contributed by atoms with van der Waals surface area (Å²) in [5, 5.41) is 10.6. The van der Waals surface area contributed by atoms with Crippen LogP contribution in [0.1, 0.15) is 38.1 Å². The van der Waals surface area contributed by atoms with Gasteiger partial charge in [-0.15, -0.1) is 0 Å². The third-order valence-corrected chi connectivity index (χ3v) is 5.90. The maximum atomic E-state index is 12.7. The fourth-order valence-corrected chi connectivity index (χ4v) is 4.14. The van der Waals surface area contributed by atoms with E-state index >= 15 is 0 Å².